The molecular formula is C16H24N2O2. The van der Waals surface area contributed by atoms with Gasteiger partial charge in [-0.05, 0) is 37.3 Å². The molecule has 0 saturated heterocycles. The van der Waals surface area contributed by atoms with E-state index in [1.54, 1.807) is 0 Å². The maximum Gasteiger partial charge on any atom is 0.315 e. The number of urea groups is 1. The van der Waals surface area contributed by atoms with Crippen molar-refractivity contribution in [3.8, 4) is 0 Å². The lowest BCUT2D eigenvalue weighted by Gasteiger charge is -2.29. The number of amides is 2. The van der Waals surface area contributed by atoms with Crippen LogP contribution in [0, 0.1) is 0 Å². The first-order chi connectivity index (χ1) is 9.58. The van der Waals surface area contributed by atoms with Gasteiger partial charge >= 0.3 is 6.03 Å². The highest BCUT2D eigenvalue weighted by atomic mass is 16.3. The van der Waals surface area contributed by atoms with Gasteiger partial charge in [0.2, 0.25) is 0 Å². The SMILES string of the molecule is CCCC(C)(CO)NC(=O)NC1CCc2ccccc21. The van der Waals surface area contributed by atoms with E-state index in [4.69, 9.17) is 0 Å². The number of benzene rings is 1. The van der Waals surface area contributed by atoms with Gasteiger partial charge < -0.3 is 15.7 Å². The van der Waals surface area contributed by atoms with Crippen LogP contribution < -0.4 is 10.6 Å². The van der Waals surface area contributed by atoms with Crippen molar-refractivity contribution in [1.29, 1.82) is 0 Å². The minimum atomic E-state index is -0.545. The number of hydrogen-bond donors (Lipinski definition) is 3. The van der Waals surface area contributed by atoms with Crippen LogP contribution in [0.15, 0.2) is 24.3 Å². The third-order valence-electron chi connectivity index (χ3n) is 4.00. The Kier molecular flexibility index (Phi) is 4.65. The van der Waals surface area contributed by atoms with Gasteiger partial charge in [0.15, 0.2) is 0 Å². The van der Waals surface area contributed by atoms with Crippen molar-refractivity contribution in [2.45, 2.75) is 51.1 Å². The Hall–Kier alpha value is -1.55. The van der Waals surface area contributed by atoms with Crippen LogP contribution in [0.3, 0.4) is 0 Å². The van der Waals surface area contributed by atoms with Crippen molar-refractivity contribution in [3.05, 3.63) is 35.4 Å². The van der Waals surface area contributed by atoms with Gasteiger partial charge in [-0.1, -0.05) is 37.6 Å². The first-order valence-electron chi connectivity index (χ1n) is 7.35. The van der Waals surface area contributed by atoms with Gasteiger partial charge in [-0.3, -0.25) is 0 Å². The quantitative estimate of drug-likeness (QED) is 0.774. The molecule has 2 rings (SSSR count). The standard InChI is InChI=1S/C16H24N2O2/c1-3-10-16(2,11-19)18-15(20)17-14-9-8-12-6-4-5-7-13(12)14/h4-7,14,19H,3,8-11H2,1-2H3,(H2,17,18,20). The van der Waals surface area contributed by atoms with Crippen LogP contribution in [-0.2, 0) is 6.42 Å². The molecule has 0 radical (unpaired) electrons. The van der Waals surface area contributed by atoms with E-state index in [1.165, 1.54) is 11.1 Å². The van der Waals surface area contributed by atoms with Crippen molar-refractivity contribution in [3.63, 3.8) is 0 Å². The van der Waals surface area contributed by atoms with Gasteiger partial charge in [-0.15, -0.1) is 0 Å². The van der Waals surface area contributed by atoms with Crippen LogP contribution in [0.25, 0.3) is 0 Å². The van der Waals surface area contributed by atoms with Crippen LogP contribution in [-0.4, -0.2) is 23.3 Å². The van der Waals surface area contributed by atoms with E-state index in [0.717, 1.165) is 25.7 Å². The molecule has 3 N–H and O–H groups in total. The minimum absolute atomic E-state index is 0.0461. The van der Waals surface area contributed by atoms with Crippen LogP contribution in [0.2, 0.25) is 0 Å². The molecule has 0 saturated carbocycles. The fourth-order valence-corrected chi connectivity index (χ4v) is 2.91. The Morgan fingerprint density at radius 2 is 2.20 bits per heavy atom. The lowest BCUT2D eigenvalue weighted by Crippen LogP contribution is -2.52. The second-order valence-electron chi connectivity index (χ2n) is 5.86. The molecule has 1 aromatic carbocycles. The van der Waals surface area contributed by atoms with Crippen molar-refractivity contribution in [1.82, 2.24) is 10.6 Å². The summed E-state index contributed by atoms with van der Waals surface area (Å²) in [6, 6.07) is 8.11. The molecule has 2 amide bonds. The molecular weight excluding hydrogens is 252 g/mol. The molecule has 1 aliphatic rings. The predicted octanol–water partition coefficient (Wildman–Crippen LogP) is 2.52. The fourth-order valence-electron chi connectivity index (χ4n) is 2.91. The van der Waals surface area contributed by atoms with Crippen molar-refractivity contribution < 1.29 is 9.90 Å². The number of hydrogen-bond acceptors (Lipinski definition) is 2. The van der Waals surface area contributed by atoms with Crippen LogP contribution in [0.4, 0.5) is 4.79 Å². The van der Waals surface area contributed by atoms with E-state index in [2.05, 4.69) is 22.8 Å². The summed E-state index contributed by atoms with van der Waals surface area (Å²) in [4.78, 5) is 12.1. The number of rotatable bonds is 5. The van der Waals surface area contributed by atoms with Crippen molar-refractivity contribution >= 4 is 6.03 Å². The zero-order valence-corrected chi connectivity index (χ0v) is 12.3. The molecule has 0 fully saturated rings. The van der Waals surface area contributed by atoms with Crippen molar-refractivity contribution in [2.24, 2.45) is 0 Å². The highest BCUT2D eigenvalue weighted by molar-refractivity contribution is 5.75. The number of carbonyl (C=O) groups is 1. The summed E-state index contributed by atoms with van der Waals surface area (Å²) in [5.41, 5.74) is 1.98. The molecule has 0 aromatic heterocycles. The summed E-state index contributed by atoms with van der Waals surface area (Å²) in [5.74, 6) is 0. The highest BCUT2D eigenvalue weighted by Crippen LogP contribution is 2.30. The predicted molar refractivity (Wildman–Crippen MR) is 79.6 cm³/mol. The number of aliphatic hydroxyl groups excluding tert-OH is 1. The van der Waals surface area contributed by atoms with Gasteiger partial charge in [0.05, 0.1) is 18.2 Å². The fraction of sp³-hybridized carbons (Fsp3) is 0.562. The van der Waals surface area contributed by atoms with Gasteiger partial charge in [-0.25, -0.2) is 4.79 Å². The molecule has 20 heavy (non-hydrogen) atoms. The van der Waals surface area contributed by atoms with Crippen LogP contribution >= 0.6 is 0 Å². The van der Waals surface area contributed by atoms with E-state index >= 15 is 0 Å². The van der Waals surface area contributed by atoms with E-state index in [0.29, 0.717) is 0 Å². The average molecular weight is 276 g/mol. The van der Waals surface area contributed by atoms with Gasteiger partial charge in [0.1, 0.15) is 0 Å². The summed E-state index contributed by atoms with van der Waals surface area (Å²) in [6.07, 6.45) is 3.63. The molecule has 0 heterocycles. The van der Waals surface area contributed by atoms with E-state index in [-0.39, 0.29) is 18.7 Å². The molecule has 1 aliphatic carbocycles. The molecule has 0 spiro atoms. The normalized spacial score (nSPS) is 20.1. The molecule has 4 nitrogen and oxygen atoms in total. The largest absolute Gasteiger partial charge is 0.394 e. The van der Waals surface area contributed by atoms with Gasteiger partial charge in [-0.2, -0.15) is 0 Å². The molecule has 2 atom stereocenters. The van der Waals surface area contributed by atoms with Crippen LogP contribution in [0.5, 0.6) is 0 Å². The zero-order chi connectivity index (χ0) is 14.6. The molecule has 0 aliphatic heterocycles. The van der Waals surface area contributed by atoms with E-state index in [1.807, 2.05) is 26.0 Å². The van der Waals surface area contributed by atoms with Crippen molar-refractivity contribution in [2.75, 3.05) is 6.61 Å². The second kappa shape index (κ2) is 6.27. The zero-order valence-electron chi connectivity index (χ0n) is 12.3. The third kappa shape index (κ3) is 3.31. The molecule has 1 aromatic rings. The number of fused-ring (bicyclic) bond motifs is 1. The lowest BCUT2D eigenvalue weighted by atomic mass is 9.97. The number of aryl methyl sites for hydroxylation is 1. The number of carbonyl (C=O) groups excluding carboxylic acids is 1. The topological polar surface area (TPSA) is 61.4 Å². The summed E-state index contributed by atoms with van der Waals surface area (Å²) in [6.45, 7) is 3.87. The maximum atomic E-state index is 12.1. The smallest absolute Gasteiger partial charge is 0.315 e. The highest BCUT2D eigenvalue weighted by Gasteiger charge is 2.28. The number of nitrogens with one attached hydrogen (secondary N) is 2. The summed E-state index contributed by atoms with van der Waals surface area (Å²) in [7, 11) is 0. The Labute approximate surface area is 120 Å². The van der Waals surface area contributed by atoms with E-state index in [9.17, 15) is 9.90 Å². The monoisotopic (exact) mass is 276 g/mol. The maximum absolute atomic E-state index is 12.1. The molecule has 110 valence electrons. The van der Waals surface area contributed by atoms with Crippen LogP contribution in [0.1, 0.15) is 50.3 Å². The summed E-state index contributed by atoms with van der Waals surface area (Å²) in [5, 5.41) is 15.4. The Morgan fingerprint density at radius 3 is 2.90 bits per heavy atom. The molecule has 0 bridgehead atoms. The van der Waals surface area contributed by atoms with Gasteiger partial charge in [0, 0.05) is 0 Å². The third-order valence-corrected chi connectivity index (χ3v) is 4.00. The Morgan fingerprint density at radius 1 is 1.45 bits per heavy atom. The average Bonchev–Trinajstić information content (AvgIpc) is 2.82. The second-order valence-corrected chi connectivity index (χ2v) is 5.86. The molecule has 4 heteroatoms. The molecule has 2 unspecified atom stereocenters. The summed E-state index contributed by atoms with van der Waals surface area (Å²) < 4.78 is 0. The van der Waals surface area contributed by atoms with E-state index < -0.39 is 5.54 Å². The van der Waals surface area contributed by atoms with Gasteiger partial charge in [0.25, 0.3) is 0 Å². The first kappa shape index (κ1) is 14.9. The Bertz CT molecular complexity index is 475. The summed E-state index contributed by atoms with van der Waals surface area (Å²) >= 11 is 0. The lowest BCUT2D eigenvalue weighted by molar-refractivity contribution is 0.162. The first-order valence-corrected chi connectivity index (χ1v) is 7.35. The minimum Gasteiger partial charge on any atom is -0.394 e. The number of aliphatic hydroxyl groups is 1. The Balaban J connectivity index is 1.96.